The van der Waals surface area contributed by atoms with E-state index in [1.54, 1.807) is 18.5 Å². The van der Waals surface area contributed by atoms with Crippen molar-refractivity contribution in [2.24, 2.45) is 5.41 Å². The van der Waals surface area contributed by atoms with Crippen molar-refractivity contribution in [3.8, 4) is 0 Å². The van der Waals surface area contributed by atoms with Gasteiger partial charge in [-0.25, -0.2) is 14.4 Å². The van der Waals surface area contributed by atoms with Gasteiger partial charge in [-0.1, -0.05) is 17.7 Å². The fraction of sp³-hybridized carbons (Fsp3) is 0.476. The molecule has 3 heterocycles. The number of ether oxygens (including phenoxy) is 1. The molecule has 8 heteroatoms. The highest BCUT2D eigenvalue weighted by Crippen LogP contribution is 2.40. The Labute approximate surface area is 174 Å². The number of carbonyl (C=O) groups is 1. The minimum absolute atomic E-state index is 0.0328. The van der Waals surface area contributed by atoms with Gasteiger partial charge in [-0.2, -0.15) is 0 Å². The van der Waals surface area contributed by atoms with Crippen molar-refractivity contribution >= 4 is 23.5 Å². The van der Waals surface area contributed by atoms with Crippen LogP contribution in [0.15, 0.2) is 30.6 Å². The third kappa shape index (κ3) is 4.36. The molecule has 0 aliphatic carbocycles. The molecule has 2 aromatic rings. The average molecular weight is 419 g/mol. The van der Waals surface area contributed by atoms with Crippen molar-refractivity contribution in [3.05, 3.63) is 52.6 Å². The summed E-state index contributed by atoms with van der Waals surface area (Å²) in [5.74, 6) is -0.0270. The number of carbonyl (C=O) groups excluding carboxylic acids is 1. The number of benzene rings is 1. The second-order valence-electron chi connectivity index (χ2n) is 7.92. The first kappa shape index (κ1) is 20.0. The zero-order valence-electron chi connectivity index (χ0n) is 16.3. The van der Waals surface area contributed by atoms with Crippen LogP contribution >= 0.6 is 11.6 Å². The Morgan fingerprint density at radius 2 is 2.00 bits per heavy atom. The van der Waals surface area contributed by atoms with Crippen molar-refractivity contribution in [2.75, 3.05) is 31.6 Å². The van der Waals surface area contributed by atoms with Crippen LogP contribution < -0.4 is 5.32 Å². The second kappa shape index (κ2) is 8.24. The van der Waals surface area contributed by atoms with Gasteiger partial charge in [0.25, 0.3) is 5.91 Å². The third-order valence-corrected chi connectivity index (χ3v) is 6.28. The van der Waals surface area contributed by atoms with Crippen LogP contribution in [0.3, 0.4) is 0 Å². The predicted molar refractivity (Wildman–Crippen MR) is 108 cm³/mol. The van der Waals surface area contributed by atoms with Crippen molar-refractivity contribution in [3.63, 3.8) is 0 Å². The lowest BCUT2D eigenvalue weighted by Gasteiger charge is -2.33. The molecule has 1 amide bonds. The number of amides is 1. The Morgan fingerprint density at radius 1 is 1.28 bits per heavy atom. The van der Waals surface area contributed by atoms with Crippen LogP contribution in [0, 0.1) is 11.2 Å². The summed E-state index contributed by atoms with van der Waals surface area (Å²) in [5.41, 5.74) is 1.43. The summed E-state index contributed by atoms with van der Waals surface area (Å²) in [4.78, 5) is 23.3. The molecular weight excluding hydrogens is 395 g/mol. The van der Waals surface area contributed by atoms with Gasteiger partial charge in [-0.3, -0.25) is 4.79 Å². The van der Waals surface area contributed by atoms with Gasteiger partial charge < -0.3 is 15.0 Å². The quantitative estimate of drug-likeness (QED) is 0.810. The minimum Gasteiger partial charge on any atom is -0.381 e. The van der Waals surface area contributed by atoms with Gasteiger partial charge in [-0.05, 0) is 49.3 Å². The summed E-state index contributed by atoms with van der Waals surface area (Å²) in [7, 11) is 0. The molecule has 29 heavy (non-hydrogen) atoms. The molecule has 4 rings (SSSR count). The molecule has 154 valence electrons. The number of nitrogens with one attached hydrogen (secondary N) is 1. The van der Waals surface area contributed by atoms with Crippen molar-refractivity contribution < 1.29 is 13.9 Å². The molecule has 1 spiro atoms. The Kier molecular flexibility index (Phi) is 5.69. The van der Waals surface area contributed by atoms with Crippen LogP contribution in [0.25, 0.3) is 0 Å². The number of likely N-dealkylation sites (tertiary alicyclic amines) is 1. The Bertz CT molecular complexity index is 887. The maximum atomic E-state index is 13.2. The largest absolute Gasteiger partial charge is 0.381 e. The summed E-state index contributed by atoms with van der Waals surface area (Å²) in [6.07, 6.45) is 6.15. The second-order valence-corrected chi connectivity index (χ2v) is 8.32. The van der Waals surface area contributed by atoms with Gasteiger partial charge in [0.05, 0.1) is 11.6 Å². The summed E-state index contributed by atoms with van der Waals surface area (Å²) in [6.45, 7) is 4.98. The number of rotatable bonds is 4. The molecule has 1 aromatic heterocycles. The number of hydrogen-bond donors (Lipinski definition) is 1. The number of nitrogens with zero attached hydrogens (tertiary/aromatic N) is 3. The van der Waals surface area contributed by atoms with E-state index in [9.17, 15) is 9.18 Å². The summed E-state index contributed by atoms with van der Waals surface area (Å²) in [5, 5.41) is 3.47. The van der Waals surface area contributed by atoms with Gasteiger partial charge >= 0.3 is 0 Å². The summed E-state index contributed by atoms with van der Waals surface area (Å²) in [6, 6.07) is 4.06. The third-order valence-electron chi connectivity index (χ3n) is 5.95. The smallest absolute Gasteiger partial charge is 0.257 e. The molecule has 2 saturated heterocycles. The fourth-order valence-corrected chi connectivity index (χ4v) is 4.47. The van der Waals surface area contributed by atoms with Crippen molar-refractivity contribution in [1.29, 1.82) is 0 Å². The van der Waals surface area contributed by atoms with E-state index in [1.165, 1.54) is 12.1 Å². The van der Waals surface area contributed by atoms with Crippen LogP contribution in [0.5, 0.6) is 0 Å². The normalized spacial score (nSPS) is 19.3. The standard InChI is InChI=1S/C21H24ClFN4O2/c1-14(17-3-2-16(23)10-18(17)22)26-20-24-11-15(12-25-20)19(28)27-7-4-21(13-27)5-8-29-9-6-21/h2-3,10-12,14H,4-9,13H2,1H3,(H,24,25,26)/t14-/m1/s1. The Balaban J connectivity index is 1.39. The first-order valence-electron chi connectivity index (χ1n) is 9.86. The lowest BCUT2D eigenvalue weighted by atomic mass is 9.80. The fourth-order valence-electron chi connectivity index (χ4n) is 4.14. The molecule has 0 radical (unpaired) electrons. The average Bonchev–Trinajstić information content (AvgIpc) is 3.11. The van der Waals surface area contributed by atoms with E-state index in [0.717, 1.165) is 51.1 Å². The number of halogens is 2. The molecule has 6 nitrogen and oxygen atoms in total. The van der Waals surface area contributed by atoms with Crippen molar-refractivity contribution in [1.82, 2.24) is 14.9 Å². The molecular formula is C21H24ClFN4O2. The molecule has 2 fully saturated rings. The molecule has 1 atom stereocenters. The Hall–Kier alpha value is -2.25. The van der Waals surface area contributed by atoms with E-state index >= 15 is 0 Å². The number of anilines is 1. The maximum Gasteiger partial charge on any atom is 0.257 e. The van der Waals surface area contributed by atoms with Crippen LogP contribution in [0.1, 0.15) is 48.1 Å². The monoisotopic (exact) mass is 418 g/mol. The van der Waals surface area contributed by atoms with E-state index in [2.05, 4.69) is 15.3 Å². The van der Waals surface area contributed by atoms with E-state index < -0.39 is 0 Å². The highest BCUT2D eigenvalue weighted by atomic mass is 35.5. The van der Waals surface area contributed by atoms with E-state index in [4.69, 9.17) is 16.3 Å². The van der Waals surface area contributed by atoms with Crippen molar-refractivity contribution in [2.45, 2.75) is 32.2 Å². The molecule has 2 aliphatic heterocycles. The highest BCUT2D eigenvalue weighted by Gasteiger charge is 2.41. The number of aromatic nitrogens is 2. The maximum absolute atomic E-state index is 13.2. The van der Waals surface area contributed by atoms with E-state index in [-0.39, 0.29) is 23.2 Å². The van der Waals surface area contributed by atoms with Gasteiger partial charge in [0.1, 0.15) is 5.82 Å². The van der Waals surface area contributed by atoms with Gasteiger partial charge in [0.15, 0.2) is 0 Å². The predicted octanol–water partition coefficient (Wildman–Crippen LogP) is 4.08. The minimum atomic E-state index is -0.380. The SMILES string of the molecule is C[C@@H](Nc1ncc(C(=O)N2CCC3(CCOCC3)C2)cn1)c1ccc(F)cc1Cl. The summed E-state index contributed by atoms with van der Waals surface area (Å²) >= 11 is 6.11. The van der Waals surface area contributed by atoms with Gasteiger partial charge in [0.2, 0.25) is 5.95 Å². The van der Waals surface area contributed by atoms with Gasteiger partial charge in [0, 0.05) is 43.7 Å². The zero-order valence-corrected chi connectivity index (χ0v) is 17.1. The van der Waals surface area contributed by atoms with Crippen LogP contribution in [-0.2, 0) is 4.74 Å². The molecule has 2 aliphatic rings. The van der Waals surface area contributed by atoms with Crippen LogP contribution in [0.2, 0.25) is 5.02 Å². The number of hydrogen-bond acceptors (Lipinski definition) is 5. The Morgan fingerprint density at radius 3 is 2.69 bits per heavy atom. The first-order chi connectivity index (χ1) is 14.0. The molecule has 0 saturated carbocycles. The van der Waals surface area contributed by atoms with Gasteiger partial charge in [-0.15, -0.1) is 0 Å². The highest BCUT2D eigenvalue weighted by molar-refractivity contribution is 6.31. The molecule has 0 bridgehead atoms. The van der Waals surface area contributed by atoms with E-state index in [1.807, 2.05) is 11.8 Å². The van der Waals surface area contributed by atoms with E-state index in [0.29, 0.717) is 16.5 Å². The molecule has 1 N–H and O–H groups in total. The lowest BCUT2D eigenvalue weighted by molar-refractivity contribution is 0.0191. The first-order valence-corrected chi connectivity index (χ1v) is 10.2. The molecule has 1 aromatic carbocycles. The molecule has 0 unspecified atom stereocenters. The lowest BCUT2D eigenvalue weighted by Crippen LogP contribution is -2.35. The van der Waals surface area contributed by atoms with Crippen LogP contribution in [-0.4, -0.2) is 47.1 Å². The zero-order chi connectivity index (χ0) is 20.4. The van der Waals surface area contributed by atoms with Crippen LogP contribution in [0.4, 0.5) is 10.3 Å². The summed E-state index contributed by atoms with van der Waals surface area (Å²) < 4.78 is 18.7. The topological polar surface area (TPSA) is 67.4 Å².